The van der Waals surface area contributed by atoms with Crippen molar-refractivity contribution in [3.8, 4) is 5.75 Å². The lowest BCUT2D eigenvalue weighted by atomic mass is 9.95. The monoisotopic (exact) mass is 322 g/mol. The highest BCUT2D eigenvalue weighted by Gasteiger charge is 2.37. The molecule has 0 radical (unpaired) electrons. The second-order valence-electron chi connectivity index (χ2n) is 5.13. The molecule has 122 valence electrons. The average Bonchev–Trinajstić information content (AvgIpc) is 2.53. The molecule has 5 heteroatoms. The molecule has 0 spiro atoms. The highest BCUT2D eigenvalue weighted by molar-refractivity contribution is 5.81. The summed E-state index contributed by atoms with van der Waals surface area (Å²) in [6.07, 6.45) is 4.12. The van der Waals surface area contributed by atoms with Gasteiger partial charge in [0.15, 0.2) is 6.29 Å². The van der Waals surface area contributed by atoms with E-state index in [9.17, 15) is 18.0 Å². The van der Waals surface area contributed by atoms with Crippen LogP contribution in [0.2, 0.25) is 0 Å². The first-order valence-electron chi connectivity index (χ1n) is 7.29. The number of carbonyl (C=O) groups excluding carboxylic acids is 1. The van der Waals surface area contributed by atoms with Crippen LogP contribution in [0, 0.1) is 5.92 Å². The number of benzene rings is 1. The van der Waals surface area contributed by atoms with E-state index in [1.807, 2.05) is 6.92 Å². The van der Waals surface area contributed by atoms with Crippen molar-refractivity contribution in [2.45, 2.75) is 19.5 Å². The molecule has 1 aromatic carbocycles. The van der Waals surface area contributed by atoms with Crippen molar-refractivity contribution in [2.24, 2.45) is 5.92 Å². The van der Waals surface area contributed by atoms with E-state index in [1.54, 1.807) is 36.4 Å². The lowest BCUT2D eigenvalue weighted by molar-refractivity contribution is -0.160. The van der Waals surface area contributed by atoms with Gasteiger partial charge in [0.05, 0.1) is 18.1 Å². The summed E-state index contributed by atoms with van der Waals surface area (Å²) < 4.78 is 43.5. The molecule has 0 amide bonds. The number of ether oxygens (including phenoxy) is 1. The van der Waals surface area contributed by atoms with Crippen LogP contribution in [0.15, 0.2) is 48.1 Å². The Kier molecular flexibility index (Phi) is 5.42. The quantitative estimate of drug-likeness (QED) is 0.715. The zero-order chi connectivity index (χ0) is 16.9. The minimum absolute atomic E-state index is 0.0286. The Morgan fingerprint density at radius 2 is 2.09 bits per heavy atom. The van der Waals surface area contributed by atoms with Crippen LogP contribution in [0.3, 0.4) is 0 Å². The fraction of sp³-hybridized carbons (Fsp3) is 0.278. The Labute approximate surface area is 133 Å². The maximum Gasteiger partial charge on any atom is 0.395 e. The maximum atomic E-state index is 12.7. The van der Waals surface area contributed by atoms with E-state index in [2.05, 4.69) is 0 Å². The van der Waals surface area contributed by atoms with Crippen LogP contribution in [0.5, 0.6) is 5.75 Å². The molecule has 1 aromatic rings. The third-order valence-electron chi connectivity index (χ3n) is 3.44. The van der Waals surface area contributed by atoms with Gasteiger partial charge in [-0.2, -0.15) is 13.2 Å². The Morgan fingerprint density at radius 1 is 1.30 bits per heavy atom. The van der Waals surface area contributed by atoms with Crippen LogP contribution in [0.1, 0.15) is 29.3 Å². The molecule has 0 N–H and O–H groups in total. The molecule has 0 saturated carbocycles. The molecule has 0 saturated heterocycles. The summed E-state index contributed by atoms with van der Waals surface area (Å²) in [5, 5.41) is 0. The minimum Gasteiger partial charge on any atom is -0.493 e. The molecule has 0 aliphatic heterocycles. The summed E-state index contributed by atoms with van der Waals surface area (Å²) >= 11 is 0. The summed E-state index contributed by atoms with van der Waals surface area (Å²) in [5.74, 6) is -0.952. The highest BCUT2D eigenvalue weighted by Crippen LogP contribution is 2.33. The topological polar surface area (TPSA) is 26.3 Å². The van der Waals surface area contributed by atoms with Gasteiger partial charge in [0.25, 0.3) is 0 Å². The van der Waals surface area contributed by atoms with Crippen molar-refractivity contribution in [3.05, 3.63) is 59.2 Å². The molecule has 0 aromatic heterocycles. The maximum absolute atomic E-state index is 12.7. The van der Waals surface area contributed by atoms with Crippen molar-refractivity contribution < 1.29 is 22.7 Å². The summed E-state index contributed by atoms with van der Waals surface area (Å²) in [6.45, 7) is 2.27. The number of halogens is 3. The molecule has 0 heterocycles. The molecule has 2 nitrogen and oxygen atoms in total. The predicted molar refractivity (Wildman–Crippen MR) is 83.4 cm³/mol. The van der Waals surface area contributed by atoms with Crippen molar-refractivity contribution >= 4 is 12.4 Å². The van der Waals surface area contributed by atoms with E-state index in [1.165, 1.54) is 12.2 Å². The summed E-state index contributed by atoms with van der Waals surface area (Å²) in [4.78, 5) is 11.1. The van der Waals surface area contributed by atoms with Gasteiger partial charge in [0.1, 0.15) is 5.75 Å². The molecule has 23 heavy (non-hydrogen) atoms. The Morgan fingerprint density at radius 3 is 2.74 bits per heavy atom. The number of aldehydes is 1. The standard InChI is InChI=1S/C18H17F3O2/c1-2-23-17-9-8-14(10-15(17)12-22)7-6-13-4-3-5-16(11-13)18(19,20)21/h3-4,6-12,16H,2,5H2,1H3/b7-6+. The van der Waals surface area contributed by atoms with E-state index in [4.69, 9.17) is 4.74 Å². The van der Waals surface area contributed by atoms with Gasteiger partial charge in [-0.3, -0.25) is 4.79 Å². The first-order valence-corrected chi connectivity index (χ1v) is 7.29. The van der Waals surface area contributed by atoms with E-state index < -0.39 is 12.1 Å². The molecule has 1 aliphatic carbocycles. The van der Waals surface area contributed by atoms with Crippen molar-refractivity contribution in [1.82, 2.24) is 0 Å². The molecule has 0 fully saturated rings. The van der Waals surface area contributed by atoms with Gasteiger partial charge >= 0.3 is 6.18 Å². The second kappa shape index (κ2) is 7.31. The fourth-order valence-electron chi connectivity index (χ4n) is 2.29. The van der Waals surface area contributed by atoms with E-state index >= 15 is 0 Å². The van der Waals surface area contributed by atoms with Crippen molar-refractivity contribution in [1.29, 1.82) is 0 Å². The third-order valence-corrected chi connectivity index (χ3v) is 3.44. The third kappa shape index (κ3) is 4.58. The van der Waals surface area contributed by atoms with E-state index in [0.717, 1.165) is 5.56 Å². The van der Waals surface area contributed by atoms with Crippen molar-refractivity contribution in [2.75, 3.05) is 6.61 Å². The first kappa shape index (κ1) is 17.1. The second-order valence-corrected chi connectivity index (χ2v) is 5.13. The smallest absolute Gasteiger partial charge is 0.395 e. The first-order chi connectivity index (χ1) is 10.9. The van der Waals surface area contributed by atoms with Crippen LogP contribution < -0.4 is 4.74 Å². The Balaban J connectivity index is 2.18. The number of hydrogen-bond acceptors (Lipinski definition) is 2. The van der Waals surface area contributed by atoms with Gasteiger partial charge in [-0.25, -0.2) is 0 Å². The predicted octanol–water partition coefficient (Wildman–Crippen LogP) is 4.98. The number of rotatable bonds is 5. The molecule has 1 aliphatic rings. The SMILES string of the molecule is CCOc1ccc(/C=C/C2=CC(C(F)(F)F)CC=C2)cc1C=O. The van der Waals surface area contributed by atoms with Crippen LogP contribution >= 0.6 is 0 Å². The zero-order valence-corrected chi connectivity index (χ0v) is 12.6. The Bertz CT molecular complexity index is 655. The lowest BCUT2D eigenvalue weighted by Gasteiger charge is -2.18. The fourth-order valence-corrected chi connectivity index (χ4v) is 2.29. The number of allylic oxidation sites excluding steroid dienone is 5. The summed E-state index contributed by atoms with van der Waals surface area (Å²) in [6, 6.07) is 5.07. The van der Waals surface area contributed by atoms with Gasteiger partial charge in [-0.05, 0) is 36.6 Å². The van der Waals surface area contributed by atoms with E-state index in [0.29, 0.717) is 29.8 Å². The van der Waals surface area contributed by atoms with Gasteiger partial charge in [-0.1, -0.05) is 36.4 Å². The van der Waals surface area contributed by atoms with Gasteiger partial charge < -0.3 is 4.74 Å². The number of alkyl halides is 3. The van der Waals surface area contributed by atoms with Crippen LogP contribution in [0.25, 0.3) is 6.08 Å². The molecule has 1 unspecified atom stereocenters. The summed E-state index contributed by atoms with van der Waals surface area (Å²) in [7, 11) is 0. The van der Waals surface area contributed by atoms with Gasteiger partial charge in [0.2, 0.25) is 0 Å². The molecule has 1 atom stereocenters. The van der Waals surface area contributed by atoms with Gasteiger partial charge in [-0.15, -0.1) is 0 Å². The highest BCUT2D eigenvalue weighted by atomic mass is 19.4. The normalized spacial score (nSPS) is 18.1. The lowest BCUT2D eigenvalue weighted by Crippen LogP contribution is -2.21. The molecule has 0 bridgehead atoms. The average molecular weight is 322 g/mol. The largest absolute Gasteiger partial charge is 0.493 e. The zero-order valence-electron chi connectivity index (χ0n) is 12.6. The number of hydrogen-bond donors (Lipinski definition) is 0. The molecular weight excluding hydrogens is 305 g/mol. The molecule has 2 rings (SSSR count). The van der Waals surface area contributed by atoms with Crippen LogP contribution in [0.4, 0.5) is 13.2 Å². The van der Waals surface area contributed by atoms with Crippen LogP contribution in [-0.2, 0) is 0 Å². The number of carbonyl (C=O) groups is 1. The van der Waals surface area contributed by atoms with E-state index in [-0.39, 0.29) is 6.42 Å². The summed E-state index contributed by atoms with van der Waals surface area (Å²) in [5.41, 5.74) is 1.63. The minimum atomic E-state index is -4.23. The Hall–Kier alpha value is -2.30. The van der Waals surface area contributed by atoms with Crippen LogP contribution in [-0.4, -0.2) is 19.1 Å². The molecular formula is C18H17F3O2. The van der Waals surface area contributed by atoms with Gasteiger partial charge in [0, 0.05) is 0 Å². The van der Waals surface area contributed by atoms with Crippen molar-refractivity contribution in [3.63, 3.8) is 0 Å².